The number of anilines is 1. The van der Waals surface area contributed by atoms with E-state index in [-0.39, 0.29) is 37.8 Å². The van der Waals surface area contributed by atoms with Crippen LogP contribution in [0.25, 0.3) is 11.1 Å². The van der Waals surface area contributed by atoms with Crippen LogP contribution in [0.15, 0.2) is 78.9 Å². The Labute approximate surface area is 204 Å². The molecule has 1 atom stereocenters. The maximum atomic E-state index is 12.9. The quantitative estimate of drug-likeness (QED) is 0.466. The van der Waals surface area contributed by atoms with Gasteiger partial charge in [0.1, 0.15) is 6.61 Å². The molecule has 2 amide bonds. The number of hydrogen-bond acceptors (Lipinski definition) is 4. The van der Waals surface area contributed by atoms with Gasteiger partial charge < -0.3 is 20.1 Å². The van der Waals surface area contributed by atoms with Gasteiger partial charge in [-0.25, -0.2) is 4.79 Å². The molecule has 0 bridgehead atoms. The highest BCUT2D eigenvalue weighted by molar-refractivity contribution is 5.94. The van der Waals surface area contributed by atoms with Crippen LogP contribution in [0, 0.1) is 0 Å². The van der Waals surface area contributed by atoms with Crippen LogP contribution in [0.2, 0.25) is 0 Å². The van der Waals surface area contributed by atoms with Crippen molar-refractivity contribution in [1.29, 1.82) is 0 Å². The fourth-order valence-corrected chi connectivity index (χ4v) is 4.48. The summed E-state index contributed by atoms with van der Waals surface area (Å²) in [5.74, 6) is -1.30. The van der Waals surface area contributed by atoms with Crippen LogP contribution in [0.3, 0.4) is 0 Å². The molecule has 0 aromatic heterocycles. The minimum Gasteiger partial charge on any atom is -0.481 e. The molecule has 0 radical (unpaired) electrons. The van der Waals surface area contributed by atoms with Crippen molar-refractivity contribution in [3.63, 3.8) is 0 Å². The Kier molecular flexibility index (Phi) is 7.45. The molecule has 4 rings (SSSR count). The summed E-state index contributed by atoms with van der Waals surface area (Å²) in [6.45, 7) is 1.96. The van der Waals surface area contributed by atoms with Crippen LogP contribution in [0.5, 0.6) is 0 Å². The first-order valence-electron chi connectivity index (χ1n) is 11.6. The lowest BCUT2D eigenvalue weighted by Gasteiger charge is -2.24. The molecule has 3 aromatic carbocycles. The second-order valence-electron chi connectivity index (χ2n) is 8.60. The predicted molar refractivity (Wildman–Crippen MR) is 133 cm³/mol. The largest absolute Gasteiger partial charge is 0.481 e. The maximum Gasteiger partial charge on any atom is 0.407 e. The first-order valence-corrected chi connectivity index (χ1v) is 11.6. The zero-order chi connectivity index (χ0) is 24.8. The Hall–Kier alpha value is -4.13. The van der Waals surface area contributed by atoms with E-state index in [1.165, 1.54) is 4.90 Å². The monoisotopic (exact) mass is 472 g/mol. The number of rotatable bonds is 9. The summed E-state index contributed by atoms with van der Waals surface area (Å²) in [4.78, 5) is 37.9. The summed E-state index contributed by atoms with van der Waals surface area (Å²) in [6.07, 6.45) is -0.753. The number of alkyl carbamates (subject to hydrolysis) is 1. The minimum atomic E-state index is -0.983. The first-order chi connectivity index (χ1) is 16.9. The molecule has 0 unspecified atom stereocenters. The summed E-state index contributed by atoms with van der Waals surface area (Å²) in [7, 11) is 0. The molecule has 0 fully saturated rings. The van der Waals surface area contributed by atoms with Gasteiger partial charge in [-0.05, 0) is 41.3 Å². The van der Waals surface area contributed by atoms with E-state index in [2.05, 4.69) is 29.6 Å². The lowest BCUT2D eigenvalue weighted by Crippen LogP contribution is -2.40. The summed E-state index contributed by atoms with van der Waals surface area (Å²) in [6, 6.07) is 24.6. The highest BCUT2D eigenvalue weighted by Crippen LogP contribution is 2.44. The number of hydrogen-bond donors (Lipinski definition) is 2. The van der Waals surface area contributed by atoms with Crippen molar-refractivity contribution >= 4 is 23.7 Å². The van der Waals surface area contributed by atoms with Crippen LogP contribution < -0.4 is 10.2 Å². The van der Waals surface area contributed by atoms with Crippen molar-refractivity contribution in [2.24, 2.45) is 0 Å². The number of fused-ring (bicyclic) bond motifs is 3. The maximum absolute atomic E-state index is 12.9. The fourth-order valence-electron chi connectivity index (χ4n) is 4.48. The third-order valence-electron chi connectivity index (χ3n) is 6.11. The smallest absolute Gasteiger partial charge is 0.407 e. The summed E-state index contributed by atoms with van der Waals surface area (Å²) >= 11 is 0. The number of aliphatic carboxylic acids is 1. The Morgan fingerprint density at radius 2 is 1.49 bits per heavy atom. The van der Waals surface area contributed by atoms with E-state index in [9.17, 15) is 14.4 Å². The van der Waals surface area contributed by atoms with Crippen molar-refractivity contribution in [3.8, 4) is 11.1 Å². The van der Waals surface area contributed by atoms with Gasteiger partial charge in [-0.3, -0.25) is 9.59 Å². The topological polar surface area (TPSA) is 95.9 Å². The predicted octanol–water partition coefficient (Wildman–Crippen LogP) is 4.81. The Morgan fingerprint density at radius 1 is 0.914 bits per heavy atom. The number of amides is 2. The lowest BCUT2D eigenvalue weighted by molar-refractivity contribution is -0.136. The number of ether oxygens (including phenoxy) is 1. The lowest BCUT2D eigenvalue weighted by atomic mass is 9.98. The number of benzene rings is 3. The highest BCUT2D eigenvalue weighted by atomic mass is 16.5. The van der Waals surface area contributed by atoms with Crippen molar-refractivity contribution in [1.82, 2.24) is 5.32 Å². The van der Waals surface area contributed by atoms with Crippen LogP contribution in [0.4, 0.5) is 10.5 Å². The van der Waals surface area contributed by atoms with E-state index in [1.807, 2.05) is 30.3 Å². The minimum absolute atomic E-state index is 0.0126. The van der Waals surface area contributed by atoms with Gasteiger partial charge in [0.2, 0.25) is 5.91 Å². The molecule has 1 aliphatic carbocycles. The first kappa shape index (κ1) is 24.0. The Bertz CT molecular complexity index is 1170. The van der Waals surface area contributed by atoms with Crippen molar-refractivity contribution in [2.45, 2.75) is 31.7 Å². The third-order valence-corrected chi connectivity index (χ3v) is 6.11. The number of para-hydroxylation sites is 1. The van der Waals surface area contributed by atoms with Gasteiger partial charge in [0.05, 0.1) is 6.42 Å². The molecular weight excluding hydrogens is 444 g/mol. The number of carbonyl (C=O) groups is 3. The normalized spacial score (nSPS) is 12.8. The van der Waals surface area contributed by atoms with Gasteiger partial charge in [0, 0.05) is 30.6 Å². The van der Waals surface area contributed by atoms with Gasteiger partial charge >= 0.3 is 12.1 Å². The van der Waals surface area contributed by atoms with Gasteiger partial charge in [0.15, 0.2) is 0 Å². The number of nitrogens with zero attached hydrogens (tertiary/aromatic N) is 1. The summed E-state index contributed by atoms with van der Waals surface area (Å²) in [5.41, 5.74) is 5.17. The van der Waals surface area contributed by atoms with Crippen molar-refractivity contribution < 1.29 is 24.2 Å². The van der Waals surface area contributed by atoms with Gasteiger partial charge in [-0.1, -0.05) is 66.7 Å². The third kappa shape index (κ3) is 5.69. The van der Waals surface area contributed by atoms with E-state index in [1.54, 1.807) is 31.2 Å². The average Bonchev–Trinajstić information content (AvgIpc) is 3.17. The zero-order valence-electron chi connectivity index (χ0n) is 19.5. The molecule has 0 saturated heterocycles. The molecule has 7 heteroatoms. The molecule has 1 aliphatic rings. The molecule has 0 heterocycles. The number of carboxylic acid groups (broad SMARTS) is 1. The van der Waals surface area contributed by atoms with Crippen LogP contribution in [-0.4, -0.2) is 42.3 Å². The molecular formula is C28H28N2O5. The van der Waals surface area contributed by atoms with Crippen LogP contribution in [-0.2, 0) is 14.3 Å². The molecule has 3 aromatic rings. The van der Waals surface area contributed by atoms with E-state index >= 15 is 0 Å². The summed E-state index contributed by atoms with van der Waals surface area (Å²) < 4.78 is 5.56. The number of carboxylic acids is 1. The zero-order valence-corrected chi connectivity index (χ0v) is 19.5. The standard InChI is InChI=1S/C28H28N2O5/c1-19(17-26(31)30(16-15-27(32)33)20-9-3-2-4-10-20)29-28(34)35-18-25-23-13-7-5-11-21(23)22-12-6-8-14-24(22)25/h2-14,19,25H,15-18H2,1H3,(H,29,34)(H,32,33)/t19-/m1/s1. The van der Waals surface area contributed by atoms with Gasteiger partial charge in [0.25, 0.3) is 0 Å². The van der Waals surface area contributed by atoms with Gasteiger partial charge in [-0.15, -0.1) is 0 Å². The second kappa shape index (κ2) is 10.9. The molecule has 35 heavy (non-hydrogen) atoms. The van der Waals surface area contributed by atoms with Gasteiger partial charge in [-0.2, -0.15) is 0 Å². The van der Waals surface area contributed by atoms with E-state index in [0.29, 0.717) is 5.69 Å². The SMILES string of the molecule is C[C@H](CC(=O)N(CCC(=O)O)c1ccccc1)NC(=O)OCC1c2ccccc2-c2ccccc21. The molecule has 2 N–H and O–H groups in total. The Morgan fingerprint density at radius 3 is 2.09 bits per heavy atom. The second-order valence-corrected chi connectivity index (χ2v) is 8.60. The molecule has 0 saturated carbocycles. The number of nitrogens with one attached hydrogen (secondary N) is 1. The number of carbonyl (C=O) groups excluding carboxylic acids is 2. The Balaban J connectivity index is 1.34. The molecule has 7 nitrogen and oxygen atoms in total. The summed E-state index contributed by atoms with van der Waals surface area (Å²) in [5, 5.41) is 11.8. The van der Waals surface area contributed by atoms with E-state index < -0.39 is 18.1 Å². The van der Waals surface area contributed by atoms with Crippen molar-refractivity contribution in [2.75, 3.05) is 18.1 Å². The highest BCUT2D eigenvalue weighted by Gasteiger charge is 2.29. The van der Waals surface area contributed by atoms with Crippen LogP contribution >= 0.6 is 0 Å². The fraction of sp³-hybridized carbons (Fsp3) is 0.250. The van der Waals surface area contributed by atoms with E-state index in [0.717, 1.165) is 22.3 Å². The molecule has 0 aliphatic heterocycles. The molecule has 0 spiro atoms. The van der Waals surface area contributed by atoms with Crippen LogP contribution in [0.1, 0.15) is 36.8 Å². The van der Waals surface area contributed by atoms with E-state index in [4.69, 9.17) is 9.84 Å². The molecule has 180 valence electrons. The average molecular weight is 473 g/mol. The van der Waals surface area contributed by atoms with Crippen molar-refractivity contribution in [3.05, 3.63) is 90.0 Å².